The van der Waals surface area contributed by atoms with Crippen molar-refractivity contribution in [2.45, 2.75) is 0 Å². The van der Waals surface area contributed by atoms with Gasteiger partial charge in [-0.15, -0.1) is 0 Å². The first-order valence-electron chi connectivity index (χ1n) is 4.91. The number of anilines is 2. The van der Waals surface area contributed by atoms with Gasteiger partial charge in [0, 0.05) is 12.8 Å². The average molecular weight is 260 g/mol. The summed E-state index contributed by atoms with van der Waals surface area (Å²) < 4.78 is 35.5. The molecule has 0 unspecified atom stereocenters. The topological polar surface area (TPSA) is 90.7 Å². The van der Waals surface area contributed by atoms with Gasteiger partial charge in [0.15, 0.2) is 0 Å². The van der Waals surface area contributed by atoms with Crippen LogP contribution in [0, 0.1) is 0 Å². The summed E-state index contributed by atoms with van der Waals surface area (Å²) in [6, 6.07) is 4.73. The maximum atomic E-state index is 11.7. The van der Waals surface area contributed by atoms with Crippen LogP contribution in [-0.4, -0.2) is 35.0 Å². The Morgan fingerprint density at radius 1 is 1.35 bits per heavy atom. The molecule has 0 radical (unpaired) electrons. The summed E-state index contributed by atoms with van der Waals surface area (Å²) in [5.41, 5.74) is 6.36. The van der Waals surface area contributed by atoms with Crippen molar-refractivity contribution in [2.75, 3.05) is 37.0 Å². The molecule has 0 aliphatic rings. The van der Waals surface area contributed by atoms with Gasteiger partial charge in [-0.2, -0.15) is 0 Å². The molecule has 0 saturated heterocycles. The molecule has 1 aromatic rings. The number of rotatable bonds is 6. The number of nitrogens with two attached hydrogens (primary N) is 1. The molecule has 17 heavy (non-hydrogen) atoms. The Morgan fingerprint density at radius 3 is 2.65 bits per heavy atom. The first-order chi connectivity index (χ1) is 7.98. The van der Waals surface area contributed by atoms with E-state index < -0.39 is 10.0 Å². The van der Waals surface area contributed by atoms with Gasteiger partial charge in [0.2, 0.25) is 10.0 Å². The molecule has 7 heteroatoms. The van der Waals surface area contributed by atoms with E-state index in [9.17, 15) is 8.42 Å². The zero-order chi connectivity index (χ0) is 12.9. The van der Waals surface area contributed by atoms with Crippen LogP contribution in [0.25, 0.3) is 0 Å². The molecule has 0 aliphatic carbocycles. The van der Waals surface area contributed by atoms with Gasteiger partial charge in [-0.25, -0.2) is 8.42 Å². The van der Waals surface area contributed by atoms with Crippen molar-refractivity contribution in [3.8, 4) is 5.75 Å². The third kappa shape index (κ3) is 4.12. The van der Waals surface area contributed by atoms with Crippen molar-refractivity contribution in [2.24, 2.45) is 0 Å². The number of ether oxygens (including phenoxy) is 2. The Kier molecular flexibility index (Phi) is 4.59. The Morgan fingerprint density at radius 2 is 2.06 bits per heavy atom. The third-order valence-electron chi connectivity index (χ3n) is 2.05. The van der Waals surface area contributed by atoms with Crippen LogP contribution in [0.4, 0.5) is 11.4 Å². The van der Waals surface area contributed by atoms with Crippen LogP contribution in [0.5, 0.6) is 5.75 Å². The molecule has 0 bridgehead atoms. The zero-order valence-electron chi connectivity index (χ0n) is 9.76. The maximum Gasteiger partial charge on any atom is 0.235 e. The van der Waals surface area contributed by atoms with Crippen molar-refractivity contribution < 1.29 is 17.9 Å². The molecule has 0 atom stereocenters. The van der Waals surface area contributed by atoms with Crippen LogP contribution in [0.1, 0.15) is 0 Å². The molecule has 6 nitrogen and oxygen atoms in total. The van der Waals surface area contributed by atoms with Crippen molar-refractivity contribution in [3.63, 3.8) is 0 Å². The molecule has 0 heterocycles. The average Bonchev–Trinajstić information content (AvgIpc) is 2.26. The lowest BCUT2D eigenvalue weighted by Crippen LogP contribution is -2.20. The number of hydrogen-bond acceptors (Lipinski definition) is 5. The van der Waals surface area contributed by atoms with Crippen molar-refractivity contribution >= 4 is 21.4 Å². The summed E-state index contributed by atoms with van der Waals surface area (Å²) in [5, 5.41) is 0. The number of hydrogen-bond donors (Lipinski definition) is 2. The quantitative estimate of drug-likeness (QED) is 0.733. The monoisotopic (exact) mass is 260 g/mol. The van der Waals surface area contributed by atoms with E-state index in [0.717, 1.165) is 0 Å². The normalized spacial score (nSPS) is 11.2. The SMILES string of the molecule is COCCS(=O)(=O)Nc1cc(N)ccc1OC. The van der Waals surface area contributed by atoms with E-state index in [4.69, 9.17) is 15.2 Å². The highest BCUT2D eigenvalue weighted by molar-refractivity contribution is 7.92. The molecule has 0 aliphatic heterocycles. The second-order valence-electron chi connectivity index (χ2n) is 3.37. The lowest BCUT2D eigenvalue weighted by molar-refractivity contribution is 0.217. The maximum absolute atomic E-state index is 11.7. The standard InChI is InChI=1S/C10H16N2O4S/c1-15-5-6-17(13,14)12-9-7-8(11)3-4-10(9)16-2/h3-4,7,12H,5-6,11H2,1-2H3. The van der Waals surface area contributed by atoms with Crippen LogP contribution in [0.3, 0.4) is 0 Å². The second-order valence-corrected chi connectivity index (χ2v) is 5.22. The van der Waals surface area contributed by atoms with Crippen LogP contribution >= 0.6 is 0 Å². The molecule has 0 fully saturated rings. The Hall–Kier alpha value is -1.47. The van der Waals surface area contributed by atoms with Gasteiger partial charge < -0.3 is 15.2 Å². The number of methoxy groups -OCH3 is 2. The molecular weight excluding hydrogens is 244 g/mol. The Labute approximate surface area is 101 Å². The summed E-state index contributed by atoms with van der Waals surface area (Å²) in [5.74, 6) is 0.293. The van der Waals surface area contributed by atoms with E-state index in [0.29, 0.717) is 17.1 Å². The van der Waals surface area contributed by atoms with Gasteiger partial charge in [0.25, 0.3) is 0 Å². The van der Waals surface area contributed by atoms with E-state index in [1.54, 1.807) is 12.1 Å². The molecule has 0 saturated carbocycles. The minimum Gasteiger partial charge on any atom is -0.495 e. The summed E-state index contributed by atoms with van der Waals surface area (Å²) >= 11 is 0. The smallest absolute Gasteiger partial charge is 0.235 e. The Balaban J connectivity index is 2.90. The lowest BCUT2D eigenvalue weighted by Gasteiger charge is -2.12. The summed E-state index contributed by atoms with van der Waals surface area (Å²) in [7, 11) is -0.559. The Bertz CT molecular complexity index is 473. The fourth-order valence-electron chi connectivity index (χ4n) is 1.22. The van der Waals surface area contributed by atoms with Gasteiger partial charge in [-0.05, 0) is 18.2 Å². The van der Waals surface area contributed by atoms with E-state index in [-0.39, 0.29) is 12.4 Å². The van der Waals surface area contributed by atoms with E-state index in [1.807, 2.05) is 0 Å². The highest BCUT2D eigenvalue weighted by Crippen LogP contribution is 2.27. The van der Waals surface area contributed by atoms with Gasteiger partial charge in [0.1, 0.15) is 5.75 Å². The van der Waals surface area contributed by atoms with Crippen LogP contribution in [0.2, 0.25) is 0 Å². The largest absolute Gasteiger partial charge is 0.495 e. The highest BCUT2D eigenvalue weighted by atomic mass is 32.2. The predicted molar refractivity (Wildman–Crippen MR) is 66.7 cm³/mol. The van der Waals surface area contributed by atoms with Crippen molar-refractivity contribution in [1.82, 2.24) is 0 Å². The van der Waals surface area contributed by atoms with Gasteiger partial charge >= 0.3 is 0 Å². The molecular formula is C10H16N2O4S. The summed E-state index contributed by atoms with van der Waals surface area (Å²) in [4.78, 5) is 0. The first kappa shape index (κ1) is 13.6. The molecule has 0 spiro atoms. The van der Waals surface area contributed by atoms with Gasteiger partial charge in [-0.1, -0.05) is 0 Å². The van der Waals surface area contributed by atoms with Crippen molar-refractivity contribution in [3.05, 3.63) is 18.2 Å². The van der Waals surface area contributed by atoms with Gasteiger partial charge in [-0.3, -0.25) is 4.72 Å². The number of benzene rings is 1. The zero-order valence-corrected chi connectivity index (χ0v) is 10.6. The minimum absolute atomic E-state index is 0.124. The minimum atomic E-state index is -3.46. The number of sulfonamides is 1. The second kappa shape index (κ2) is 5.74. The molecule has 1 aromatic carbocycles. The highest BCUT2D eigenvalue weighted by Gasteiger charge is 2.13. The van der Waals surface area contributed by atoms with Crippen LogP contribution < -0.4 is 15.2 Å². The summed E-state index contributed by atoms with van der Waals surface area (Å²) in [6.45, 7) is 0.125. The third-order valence-corrected chi connectivity index (χ3v) is 3.28. The van der Waals surface area contributed by atoms with E-state index in [1.165, 1.54) is 20.3 Å². The number of nitrogen functional groups attached to an aromatic ring is 1. The predicted octanol–water partition coefficient (Wildman–Crippen LogP) is 0.665. The summed E-state index contributed by atoms with van der Waals surface area (Å²) in [6.07, 6.45) is 0. The van der Waals surface area contributed by atoms with E-state index >= 15 is 0 Å². The first-order valence-corrected chi connectivity index (χ1v) is 6.56. The fourth-order valence-corrected chi connectivity index (χ4v) is 2.20. The lowest BCUT2D eigenvalue weighted by atomic mass is 10.2. The fraction of sp³-hybridized carbons (Fsp3) is 0.400. The molecule has 0 amide bonds. The molecule has 3 N–H and O–H groups in total. The van der Waals surface area contributed by atoms with Crippen LogP contribution in [0.15, 0.2) is 18.2 Å². The van der Waals surface area contributed by atoms with Crippen LogP contribution in [-0.2, 0) is 14.8 Å². The molecule has 96 valence electrons. The molecule has 1 rings (SSSR count). The van der Waals surface area contributed by atoms with Crippen molar-refractivity contribution in [1.29, 1.82) is 0 Å². The van der Waals surface area contributed by atoms with E-state index in [2.05, 4.69) is 4.72 Å². The van der Waals surface area contributed by atoms with Gasteiger partial charge in [0.05, 0.1) is 25.2 Å². The molecule has 0 aromatic heterocycles. The number of nitrogens with one attached hydrogen (secondary N) is 1.